The summed E-state index contributed by atoms with van der Waals surface area (Å²) >= 11 is 0. The van der Waals surface area contributed by atoms with Gasteiger partial charge in [-0.2, -0.15) is 15.2 Å². The van der Waals surface area contributed by atoms with E-state index in [0.717, 1.165) is 0 Å². The number of para-hydroxylation sites is 1. The monoisotopic (exact) mass is 506 g/mol. The third kappa shape index (κ3) is 5.37. The Morgan fingerprint density at radius 2 is 1.58 bits per heavy atom. The topological polar surface area (TPSA) is 126 Å². The third-order valence-electron chi connectivity index (χ3n) is 5.31. The molecule has 0 bridgehead atoms. The van der Waals surface area contributed by atoms with E-state index in [-0.39, 0.29) is 17.8 Å². The van der Waals surface area contributed by atoms with Crippen molar-refractivity contribution in [3.8, 4) is 41.0 Å². The van der Waals surface area contributed by atoms with E-state index in [9.17, 15) is 10.1 Å². The van der Waals surface area contributed by atoms with Crippen LogP contribution in [0.3, 0.4) is 0 Å². The first-order valence-corrected chi connectivity index (χ1v) is 11.6. The zero-order chi connectivity index (χ0) is 26.6. The van der Waals surface area contributed by atoms with Crippen molar-refractivity contribution in [3.05, 3.63) is 89.7 Å². The van der Waals surface area contributed by atoms with E-state index in [4.69, 9.17) is 14.2 Å². The fourth-order valence-electron chi connectivity index (χ4n) is 3.63. The minimum atomic E-state index is -0.161. The van der Waals surface area contributed by atoms with E-state index < -0.39 is 0 Å². The first-order chi connectivity index (χ1) is 18.4. The molecule has 5 rings (SSSR count). The Morgan fingerprint density at radius 3 is 2.32 bits per heavy atom. The number of imidazole rings is 1. The number of nitriles is 1. The average molecular weight is 507 g/mol. The second kappa shape index (κ2) is 10.3. The predicted molar refractivity (Wildman–Crippen MR) is 139 cm³/mol. The Bertz CT molecular complexity index is 1670. The van der Waals surface area contributed by atoms with Crippen LogP contribution in [0.2, 0.25) is 0 Å². The minimum absolute atomic E-state index is 0.0113. The summed E-state index contributed by atoms with van der Waals surface area (Å²) in [7, 11) is 3.35. The zero-order valence-electron chi connectivity index (χ0n) is 20.8. The standard InChI is InChI=1S/C28H22N6O4/c1-17-30-24-25(31-17)32-28(38-21-11-7-8-19(14-21)27(35)34(2)3)33-26(24)37-23-13-18(16-29)12-22(15-23)36-20-9-5-4-6-10-20/h4-15H,1-3H3,(H,30,31,32,33). The van der Waals surface area contributed by atoms with Gasteiger partial charge < -0.3 is 24.1 Å². The Hall–Kier alpha value is -5.43. The largest absolute Gasteiger partial charge is 0.457 e. The lowest BCUT2D eigenvalue weighted by molar-refractivity contribution is 0.0827. The van der Waals surface area contributed by atoms with Gasteiger partial charge >= 0.3 is 6.01 Å². The van der Waals surface area contributed by atoms with E-state index >= 15 is 0 Å². The van der Waals surface area contributed by atoms with Crippen molar-refractivity contribution in [1.29, 1.82) is 5.26 Å². The lowest BCUT2D eigenvalue weighted by Gasteiger charge is -2.12. The molecule has 0 aliphatic heterocycles. The number of ether oxygens (including phenoxy) is 3. The number of nitrogens with zero attached hydrogens (tertiary/aromatic N) is 5. The SMILES string of the molecule is Cc1nc2c(Oc3cc(C#N)cc(Oc4ccccc4)c3)nc(Oc3cccc(C(=O)N(C)C)c3)nc2[nH]1. The van der Waals surface area contributed by atoms with Crippen molar-refractivity contribution in [2.75, 3.05) is 14.1 Å². The molecule has 0 aliphatic carbocycles. The number of aromatic amines is 1. The molecule has 0 spiro atoms. The van der Waals surface area contributed by atoms with E-state index in [1.165, 1.54) is 4.90 Å². The first kappa shape index (κ1) is 24.3. The highest BCUT2D eigenvalue weighted by Crippen LogP contribution is 2.33. The van der Waals surface area contributed by atoms with Crippen LogP contribution in [0.15, 0.2) is 72.8 Å². The summed E-state index contributed by atoms with van der Waals surface area (Å²) in [6, 6.07) is 22.9. The summed E-state index contributed by atoms with van der Waals surface area (Å²) in [4.78, 5) is 30.2. The number of hydrogen-bond acceptors (Lipinski definition) is 8. The number of hydrogen-bond donors (Lipinski definition) is 1. The first-order valence-electron chi connectivity index (χ1n) is 11.6. The van der Waals surface area contributed by atoms with Gasteiger partial charge in [-0.3, -0.25) is 4.79 Å². The van der Waals surface area contributed by atoms with Gasteiger partial charge in [0.2, 0.25) is 0 Å². The number of aromatic nitrogens is 4. The van der Waals surface area contributed by atoms with Gasteiger partial charge in [-0.05, 0) is 49.4 Å². The fraction of sp³-hybridized carbons (Fsp3) is 0.107. The molecule has 0 radical (unpaired) electrons. The number of benzene rings is 3. The van der Waals surface area contributed by atoms with Gasteiger partial charge in [0.15, 0.2) is 11.2 Å². The number of fused-ring (bicyclic) bond motifs is 1. The molecule has 0 saturated carbocycles. The van der Waals surface area contributed by atoms with E-state index in [0.29, 0.717) is 51.1 Å². The molecular formula is C28H22N6O4. The Morgan fingerprint density at radius 1 is 0.842 bits per heavy atom. The number of carbonyl (C=O) groups excluding carboxylic acids is 1. The van der Waals surface area contributed by atoms with E-state index in [1.54, 1.807) is 63.5 Å². The highest BCUT2D eigenvalue weighted by atomic mass is 16.5. The van der Waals surface area contributed by atoms with Gasteiger partial charge in [-0.1, -0.05) is 24.3 Å². The molecule has 0 aliphatic rings. The smallest absolute Gasteiger partial charge is 0.327 e. The summed E-state index contributed by atoms with van der Waals surface area (Å²) < 4.78 is 17.9. The molecule has 2 aromatic heterocycles. The number of H-pyrrole nitrogens is 1. The minimum Gasteiger partial charge on any atom is -0.457 e. The van der Waals surface area contributed by atoms with Crippen LogP contribution in [0.1, 0.15) is 21.7 Å². The maximum Gasteiger partial charge on any atom is 0.327 e. The van der Waals surface area contributed by atoms with Crippen molar-refractivity contribution in [3.63, 3.8) is 0 Å². The van der Waals surface area contributed by atoms with Gasteiger partial charge in [0.05, 0.1) is 11.6 Å². The predicted octanol–water partition coefficient (Wildman–Crippen LogP) is 5.61. The van der Waals surface area contributed by atoms with Crippen molar-refractivity contribution in [1.82, 2.24) is 24.8 Å². The van der Waals surface area contributed by atoms with Crippen molar-refractivity contribution < 1.29 is 19.0 Å². The maximum absolute atomic E-state index is 12.4. The Kier molecular flexibility index (Phi) is 6.57. The zero-order valence-corrected chi connectivity index (χ0v) is 20.8. The lowest BCUT2D eigenvalue weighted by Crippen LogP contribution is -2.21. The molecule has 0 unspecified atom stereocenters. The van der Waals surface area contributed by atoms with Crippen molar-refractivity contribution in [2.45, 2.75) is 6.92 Å². The number of amides is 1. The van der Waals surface area contributed by atoms with Crippen LogP contribution in [0.4, 0.5) is 0 Å². The summed E-state index contributed by atoms with van der Waals surface area (Å²) in [6.45, 7) is 1.78. The van der Waals surface area contributed by atoms with Crippen LogP contribution in [0.5, 0.6) is 34.9 Å². The van der Waals surface area contributed by atoms with Crippen LogP contribution in [0.25, 0.3) is 11.2 Å². The summed E-state index contributed by atoms with van der Waals surface area (Å²) in [5, 5.41) is 9.55. The second-order valence-electron chi connectivity index (χ2n) is 8.48. The average Bonchev–Trinajstić information content (AvgIpc) is 3.29. The van der Waals surface area contributed by atoms with E-state index in [1.807, 2.05) is 30.3 Å². The number of rotatable bonds is 7. The van der Waals surface area contributed by atoms with Gasteiger partial charge in [0.25, 0.3) is 11.8 Å². The van der Waals surface area contributed by atoms with Crippen molar-refractivity contribution in [2.24, 2.45) is 0 Å². The maximum atomic E-state index is 12.4. The number of aryl methyl sites for hydroxylation is 1. The van der Waals surface area contributed by atoms with Gasteiger partial charge in [-0.25, -0.2) is 4.98 Å². The highest BCUT2D eigenvalue weighted by molar-refractivity contribution is 5.94. The van der Waals surface area contributed by atoms with Crippen LogP contribution >= 0.6 is 0 Å². The highest BCUT2D eigenvalue weighted by Gasteiger charge is 2.17. The Balaban J connectivity index is 1.49. The molecule has 188 valence electrons. The molecule has 0 fully saturated rings. The normalized spacial score (nSPS) is 10.6. The Labute approximate surface area is 218 Å². The van der Waals surface area contributed by atoms with Gasteiger partial charge in [0, 0.05) is 25.7 Å². The van der Waals surface area contributed by atoms with Crippen LogP contribution < -0.4 is 14.2 Å². The molecule has 0 saturated heterocycles. The molecule has 5 aromatic rings. The van der Waals surface area contributed by atoms with Crippen LogP contribution in [-0.2, 0) is 0 Å². The number of carbonyl (C=O) groups is 1. The van der Waals surface area contributed by atoms with Crippen LogP contribution in [-0.4, -0.2) is 44.8 Å². The van der Waals surface area contributed by atoms with E-state index in [2.05, 4.69) is 26.0 Å². The molecule has 1 amide bonds. The molecule has 0 atom stereocenters. The molecule has 1 N–H and O–H groups in total. The van der Waals surface area contributed by atoms with Gasteiger partial charge in [0.1, 0.15) is 28.8 Å². The third-order valence-corrected chi connectivity index (χ3v) is 5.31. The summed E-state index contributed by atoms with van der Waals surface area (Å²) in [5.41, 5.74) is 1.59. The van der Waals surface area contributed by atoms with Crippen LogP contribution in [0, 0.1) is 18.3 Å². The van der Waals surface area contributed by atoms with Gasteiger partial charge in [-0.15, -0.1) is 0 Å². The quantitative estimate of drug-likeness (QED) is 0.302. The fourth-order valence-corrected chi connectivity index (χ4v) is 3.63. The molecule has 3 aromatic carbocycles. The summed E-state index contributed by atoms with van der Waals surface area (Å²) in [5.74, 6) is 2.30. The molecular weight excluding hydrogens is 484 g/mol. The molecule has 10 nitrogen and oxygen atoms in total. The molecule has 38 heavy (non-hydrogen) atoms. The summed E-state index contributed by atoms with van der Waals surface area (Å²) in [6.07, 6.45) is 0. The lowest BCUT2D eigenvalue weighted by atomic mass is 10.2. The van der Waals surface area contributed by atoms with Crippen molar-refractivity contribution >= 4 is 17.1 Å². The second-order valence-corrected chi connectivity index (χ2v) is 8.48. The number of nitrogens with one attached hydrogen (secondary N) is 1. The molecule has 2 heterocycles. The molecule has 10 heteroatoms.